The molecule has 0 saturated carbocycles. The van der Waals surface area contributed by atoms with Crippen molar-refractivity contribution in [3.05, 3.63) is 53.2 Å². The molecule has 146 valence electrons. The molecule has 0 aliphatic carbocycles. The van der Waals surface area contributed by atoms with Crippen LogP contribution < -0.4 is 5.73 Å². The first-order valence-corrected chi connectivity index (χ1v) is 9.50. The van der Waals surface area contributed by atoms with E-state index in [1.807, 2.05) is 18.2 Å². The first-order chi connectivity index (χ1) is 12.8. The van der Waals surface area contributed by atoms with Crippen molar-refractivity contribution in [2.45, 2.75) is 51.7 Å². The largest absolute Gasteiger partial charge is 0.455 e. The highest BCUT2D eigenvalue weighted by Crippen LogP contribution is 2.33. The van der Waals surface area contributed by atoms with E-state index in [0.29, 0.717) is 0 Å². The first kappa shape index (κ1) is 19.6. The third-order valence-electron chi connectivity index (χ3n) is 5.20. The summed E-state index contributed by atoms with van der Waals surface area (Å²) in [5, 5.41) is 10.6. The summed E-state index contributed by atoms with van der Waals surface area (Å²) >= 11 is 0. The van der Waals surface area contributed by atoms with Crippen molar-refractivity contribution in [2.24, 2.45) is 11.7 Å². The Morgan fingerprint density at radius 1 is 1.37 bits per heavy atom. The van der Waals surface area contributed by atoms with E-state index >= 15 is 0 Å². The number of aliphatic hydroxyl groups is 1. The van der Waals surface area contributed by atoms with E-state index in [9.17, 15) is 9.90 Å². The van der Waals surface area contributed by atoms with Gasteiger partial charge in [0.25, 0.3) is 5.91 Å². The molecule has 6 nitrogen and oxygen atoms in total. The minimum Gasteiger partial charge on any atom is -0.455 e. The lowest BCUT2D eigenvalue weighted by molar-refractivity contribution is 0.0537. The Hall–Kier alpha value is -2.18. The maximum absolute atomic E-state index is 11.5. The number of likely N-dealkylation sites (tertiary alicyclic amines) is 1. The van der Waals surface area contributed by atoms with Crippen LogP contribution in [-0.2, 0) is 12.0 Å². The van der Waals surface area contributed by atoms with E-state index in [1.165, 1.54) is 0 Å². The molecule has 1 saturated heterocycles. The molecule has 3 heterocycles. The van der Waals surface area contributed by atoms with Crippen LogP contribution in [0, 0.1) is 5.92 Å². The number of hydrogen-bond acceptors (Lipinski definition) is 5. The van der Waals surface area contributed by atoms with Crippen LogP contribution in [0.25, 0.3) is 0 Å². The number of carbonyl (C=O) groups is 1. The second-order valence-corrected chi connectivity index (χ2v) is 8.39. The zero-order chi connectivity index (χ0) is 19.6. The van der Waals surface area contributed by atoms with Gasteiger partial charge < -0.3 is 15.3 Å². The van der Waals surface area contributed by atoms with E-state index in [1.54, 1.807) is 12.3 Å². The Bertz CT molecular complexity index is 772. The molecule has 1 atom stereocenters. The highest BCUT2D eigenvalue weighted by Gasteiger charge is 2.30. The van der Waals surface area contributed by atoms with Gasteiger partial charge in [-0.3, -0.25) is 14.7 Å². The molecule has 0 bridgehead atoms. The number of amides is 1. The van der Waals surface area contributed by atoms with Crippen LogP contribution in [0.4, 0.5) is 0 Å². The standard InChI is InChI=1S/C21H29N3O3/c1-21(2,3)19-15(12-17(27-19)20(22)26)13-24-10-7-14(8-11-24)18(25)16-6-4-5-9-23-16/h4-6,9,12,14,18,25H,7-8,10-11,13H2,1-3H3,(H2,22,26)/t18-/m0/s1. The fourth-order valence-electron chi connectivity index (χ4n) is 3.76. The molecule has 2 aromatic heterocycles. The third kappa shape index (κ3) is 4.57. The number of aromatic nitrogens is 1. The predicted octanol–water partition coefficient (Wildman–Crippen LogP) is 3.02. The maximum Gasteiger partial charge on any atom is 0.284 e. The minimum atomic E-state index is -0.538. The van der Waals surface area contributed by atoms with E-state index in [0.717, 1.165) is 49.5 Å². The normalized spacial score (nSPS) is 17.8. The summed E-state index contributed by atoms with van der Waals surface area (Å²) in [6, 6.07) is 7.42. The number of aliphatic hydroxyl groups excluding tert-OH is 1. The maximum atomic E-state index is 11.5. The van der Waals surface area contributed by atoms with Crippen LogP contribution in [0.5, 0.6) is 0 Å². The molecular formula is C21H29N3O3. The molecule has 1 aliphatic heterocycles. The Morgan fingerprint density at radius 2 is 2.07 bits per heavy atom. The van der Waals surface area contributed by atoms with Gasteiger partial charge in [-0.2, -0.15) is 0 Å². The number of furan rings is 1. The van der Waals surface area contributed by atoms with Crippen molar-refractivity contribution in [3.63, 3.8) is 0 Å². The summed E-state index contributed by atoms with van der Waals surface area (Å²) in [5.41, 5.74) is 6.96. The molecule has 0 radical (unpaired) electrons. The highest BCUT2D eigenvalue weighted by molar-refractivity contribution is 5.90. The second kappa shape index (κ2) is 7.82. The summed E-state index contributed by atoms with van der Waals surface area (Å²) < 4.78 is 5.75. The van der Waals surface area contributed by atoms with Gasteiger partial charge in [0.15, 0.2) is 5.76 Å². The van der Waals surface area contributed by atoms with Crippen molar-refractivity contribution in [1.29, 1.82) is 0 Å². The zero-order valence-electron chi connectivity index (χ0n) is 16.3. The summed E-state index contributed by atoms with van der Waals surface area (Å²) in [5.74, 6) is 0.704. The Morgan fingerprint density at radius 3 is 2.63 bits per heavy atom. The first-order valence-electron chi connectivity index (χ1n) is 9.50. The number of nitrogens with two attached hydrogens (primary N) is 1. The Labute approximate surface area is 160 Å². The SMILES string of the molecule is CC(C)(C)c1oc(C(N)=O)cc1CN1CCC([C@H](O)c2ccccn2)CC1. The molecule has 0 unspecified atom stereocenters. The molecule has 3 N–H and O–H groups in total. The summed E-state index contributed by atoms with van der Waals surface area (Å²) in [4.78, 5) is 18.1. The lowest BCUT2D eigenvalue weighted by Gasteiger charge is -2.34. The summed E-state index contributed by atoms with van der Waals surface area (Å²) in [6.45, 7) is 8.68. The van der Waals surface area contributed by atoms with Crippen LogP contribution in [0.3, 0.4) is 0 Å². The van der Waals surface area contributed by atoms with Gasteiger partial charge in [0, 0.05) is 23.7 Å². The topological polar surface area (TPSA) is 92.6 Å². The van der Waals surface area contributed by atoms with E-state index in [2.05, 4.69) is 30.7 Å². The summed E-state index contributed by atoms with van der Waals surface area (Å²) in [7, 11) is 0. The van der Waals surface area contributed by atoms with Gasteiger partial charge in [-0.15, -0.1) is 0 Å². The number of piperidine rings is 1. The number of primary amides is 1. The number of hydrogen-bond donors (Lipinski definition) is 2. The van der Waals surface area contributed by atoms with Crippen LogP contribution in [-0.4, -0.2) is 34.0 Å². The smallest absolute Gasteiger partial charge is 0.284 e. The average molecular weight is 371 g/mol. The van der Waals surface area contributed by atoms with Gasteiger partial charge in [0.1, 0.15) is 5.76 Å². The van der Waals surface area contributed by atoms with Gasteiger partial charge in [-0.05, 0) is 50.0 Å². The molecule has 2 aromatic rings. The van der Waals surface area contributed by atoms with Gasteiger partial charge >= 0.3 is 0 Å². The predicted molar refractivity (Wildman–Crippen MR) is 103 cm³/mol. The molecule has 0 aromatic carbocycles. The fraction of sp³-hybridized carbons (Fsp3) is 0.524. The Balaban J connectivity index is 1.65. The van der Waals surface area contributed by atoms with Crippen LogP contribution in [0.15, 0.2) is 34.9 Å². The zero-order valence-corrected chi connectivity index (χ0v) is 16.3. The number of pyridine rings is 1. The molecule has 1 amide bonds. The van der Waals surface area contributed by atoms with Crippen molar-refractivity contribution in [2.75, 3.05) is 13.1 Å². The number of nitrogens with zero attached hydrogens (tertiary/aromatic N) is 2. The van der Waals surface area contributed by atoms with Crippen molar-refractivity contribution in [3.8, 4) is 0 Å². The lowest BCUT2D eigenvalue weighted by Crippen LogP contribution is -2.35. The molecule has 6 heteroatoms. The van der Waals surface area contributed by atoms with E-state index in [4.69, 9.17) is 10.2 Å². The van der Waals surface area contributed by atoms with Gasteiger partial charge in [0.05, 0.1) is 11.8 Å². The molecule has 3 rings (SSSR count). The third-order valence-corrected chi connectivity index (χ3v) is 5.20. The minimum absolute atomic E-state index is 0.198. The van der Waals surface area contributed by atoms with Crippen molar-refractivity contribution >= 4 is 5.91 Å². The lowest BCUT2D eigenvalue weighted by atomic mass is 9.88. The van der Waals surface area contributed by atoms with E-state index < -0.39 is 12.0 Å². The molecule has 0 spiro atoms. The van der Waals surface area contributed by atoms with Crippen molar-refractivity contribution in [1.82, 2.24) is 9.88 Å². The number of carbonyl (C=O) groups excluding carboxylic acids is 1. The molecule has 1 fully saturated rings. The monoisotopic (exact) mass is 371 g/mol. The van der Waals surface area contributed by atoms with Gasteiger partial charge in [-0.1, -0.05) is 26.8 Å². The van der Waals surface area contributed by atoms with Crippen LogP contribution in [0.2, 0.25) is 0 Å². The highest BCUT2D eigenvalue weighted by atomic mass is 16.4. The fourth-order valence-corrected chi connectivity index (χ4v) is 3.76. The second-order valence-electron chi connectivity index (χ2n) is 8.39. The van der Waals surface area contributed by atoms with Crippen molar-refractivity contribution < 1.29 is 14.3 Å². The van der Waals surface area contributed by atoms with Crippen LogP contribution in [0.1, 0.15) is 67.3 Å². The average Bonchev–Trinajstić information content (AvgIpc) is 3.07. The Kier molecular flexibility index (Phi) is 5.67. The van der Waals surface area contributed by atoms with E-state index in [-0.39, 0.29) is 17.1 Å². The summed E-state index contributed by atoms with van der Waals surface area (Å²) in [6.07, 6.45) is 3.01. The quantitative estimate of drug-likeness (QED) is 0.843. The van der Waals surface area contributed by atoms with Gasteiger partial charge in [-0.25, -0.2) is 0 Å². The van der Waals surface area contributed by atoms with Gasteiger partial charge in [0.2, 0.25) is 0 Å². The van der Waals surface area contributed by atoms with Crippen LogP contribution >= 0.6 is 0 Å². The molecule has 27 heavy (non-hydrogen) atoms. The molecular weight excluding hydrogens is 342 g/mol. The molecule has 1 aliphatic rings. The number of rotatable bonds is 5.